The van der Waals surface area contributed by atoms with Gasteiger partial charge in [-0.15, -0.1) is 0 Å². The second kappa shape index (κ2) is 17.4. The molecule has 292 valence electrons. The molecule has 3 heterocycles. The summed E-state index contributed by atoms with van der Waals surface area (Å²) in [7, 11) is -4.41. The second-order valence-corrected chi connectivity index (χ2v) is 16.0. The summed E-state index contributed by atoms with van der Waals surface area (Å²) < 4.78 is 52.1. The van der Waals surface area contributed by atoms with E-state index in [0.29, 0.717) is 11.2 Å². The van der Waals surface area contributed by atoms with Gasteiger partial charge >= 0.3 is 25.7 Å². The summed E-state index contributed by atoms with van der Waals surface area (Å²) in [5.41, 5.74) is 6.38. The zero-order valence-corrected chi connectivity index (χ0v) is 33.0. The summed E-state index contributed by atoms with van der Waals surface area (Å²) in [6, 6.07) is 9.30. The minimum Gasteiger partial charge on any atom is -0.464 e. The van der Waals surface area contributed by atoms with Gasteiger partial charge in [0.25, 0.3) is 0 Å². The van der Waals surface area contributed by atoms with Crippen LogP contribution < -0.4 is 15.3 Å². The van der Waals surface area contributed by atoms with Gasteiger partial charge in [0.05, 0.1) is 18.9 Å². The van der Waals surface area contributed by atoms with E-state index in [1.165, 1.54) is 17.8 Å². The molecule has 0 aliphatic carbocycles. The molecule has 1 unspecified atom stereocenters. The van der Waals surface area contributed by atoms with Crippen molar-refractivity contribution in [3.05, 3.63) is 54.0 Å². The molecule has 3 N–H and O–H groups in total. The van der Waals surface area contributed by atoms with Gasteiger partial charge in [-0.05, 0) is 55.0 Å². The van der Waals surface area contributed by atoms with Crippen molar-refractivity contribution in [2.24, 2.45) is 5.92 Å². The van der Waals surface area contributed by atoms with Gasteiger partial charge in [0.2, 0.25) is 0 Å². The number of carbonyl (C=O) groups is 3. The lowest BCUT2D eigenvalue weighted by Gasteiger charge is -2.31. The molecular formula is C37H54N5O10P. The summed E-state index contributed by atoms with van der Waals surface area (Å²) >= 11 is 0. The molecule has 0 saturated carbocycles. The van der Waals surface area contributed by atoms with Gasteiger partial charge in [0.15, 0.2) is 18.0 Å². The maximum absolute atomic E-state index is 14.6. The molecule has 0 bridgehead atoms. The highest BCUT2D eigenvalue weighted by Crippen LogP contribution is 2.49. The number of ether oxygens (including phenoxy) is 4. The molecule has 6 atom stereocenters. The molecular weight excluding hydrogens is 705 g/mol. The molecule has 3 aromatic rings. The first-order chi connectivity index (χ1) is 25.0. The van der Waals surface area contributed by atoms with Crippen molar-refractivity contribution in [2.45, 2.75) is 123 Å². The molecule has 2 aromatic heterocycles. The first-order valence-corrected chi connectivity index (χ1v) is 19.7. The maximum atomic E-state index is 14.6. The van der Waals surface area contributed by atoms with Gasteiger partial charge in [-0.1, -0.05) is 73.4 Å². The summed E-state index contributed by atoms with van der Waals surface area (Å²) in [6.07, 6.45) is -0.613. The summed E-state index contributed by atoms with van der Waals surface area (Å²) in [6.45, 7) is 16.4. The fourth-order valence-corrected chi connectivity index (χ4v) is 7.46. The molecule has 1 aromatic carbocycles. The fraction of sp³-hybridized carbons (Fsp3) is 0.595. The van der Waals surface area contributed by atoms with E-state index in [9.17, 15) is 18.9 Å². The van der Waals surface area contributed by atoms with Crippen LogP contribution in [0, 0.1) is 5.92 Å². The van der Waals surface area contributed by atoms with E-state index >= 15 is 0 Å². The van der Waals surface area contributed by atoms with Gasteiger partial charge in [-0.3, -0.25) is 18.9 Å². The molecule has 4 rings (SSSR count). The zero-order chi connectivity index (χ0) is 39.1. The number of hydrogen-bond acceptors (Lipinski definition) is 13. The Balaban J connectivity index is 1.70. The molecule has 53 heavy (non-hydrogen) atoms. The van der Waals surface area contributed by atoms with Crippen molar-refractivity contribution < 1.29 is 46.9 Å². The van der Waals surface area contributed by atoms with Crippen molar-refractivity contribution in [2.75, 3.05) is 18.9 Å². The molecule has 16 heteroatoms. The number of fused-ring (bicyclic) bond motifs is 1. The van der Waals surface area contributed by atoms with Gasteiger partial charge in [-0.25, -0.2) is 14.1 Å². The number of nitrogens with zero attached hydrogens (tertiary/aromatic N) is 3. The van der Waals surface area contributed by atoms with E-state index in [4.69, 9.17) is 33.7 Å². The van der Waals surface area contributed by atoms with E-state index in [-0.39, 0.29) is 42.3 Å². The highest BCUT2D eigenvalue weighted by Gasteiger charge is 2.59. The molecule has 1 saturated heterocycles. The third-order valence-corrected chi connectivity index (χ3v) is 11.0. The molecule has 1 aliphatic heterocycles. The average molecular weight is 760 g/mol. The fourth-order valence-electron chi connectivity index (χ4n) is 5.95. The van der Waals surface area contributed by atoms with Crippen molar-refractivity contribution in [3.8, 4) is 5.75 Å². The van der Waals surface area contributed by atoms with Crippen LogP contribution in [0.15, 0.2) is 42.7 Å². The zero-order valence-electron chi connectivity index (χ0n) is 32.1. The number of nitrogen functional groups attached to an aromatic ring is 1. The van der Waals surface area contributed by atoms with Crippen LogP contribution in [0.25, 0.3) is 5.52 Å². The number of anilines is 1. The Morgan fingerprint density at radius 2 is 1.66 bits per heavy atom. The van der Waals surface area contributed by atoms with Crippen LogP contribution in [-0.4, -0.2) is 70.1 Å². The summed E-state index contributed by atoms with van der Waals surface area (Å²) in [5.74, 6) is -1.21. The van der Waals surface area contributed by atoms with Crippen LogP contribution in [0.5, 0.6) is 5.75 Å². The largest absolute Gasteiger partial charge is 0.464 e. The third-order valence-electron chi connectivity index (χ3n) is 9.37. The summed E-state index contributed by atoms with van der Waals surface area (Å²) in [4.78, 5) is 42.8. The Morgan fingerprint density at radius 1 is 1.02 bits per heavy atom. The first kappa shape index (κ1) is 41.7. The summed E-state index contributed by atoms with van der Waals surface area (Å²) in [5, 5.41) is 7.06. The highest BCUT2D eigenvalue weighted by molar-refractivity contribution is 7.52. The Bertz CT molecular complexity index is 1770. The highest BCUT2D eigenvalue weighted by atomic mass is 31.2. The monoisotopic (exact) mass is 759 g/mol. The second-order valence-electron chi connectivity index (χ2n) is 14.3. The number of rotatable bonds is 17. The lowest BCUT2D eigenvalue weighted by Crippen LogP contribution is -2.45. The quantitative estimate of drug-likeness (QED) is 0.0921. The molecule has 1 fully saturated rings. The van der Waals surface area contributed by atoms with E-state index in [1.54, 1.807) is 45.0 Å². The number of nitrogens with two attached hydrogens (primary N) is 1. The van der Waals surface area contributed by atoms with Crippen molar-refractivity contribution in [1.29, 1.82) is 0 Å². The SMILES string of the molecule is CCC(=O)O[C@H]1[C@@H](OC(=O)CC)[C@](C)(c2ccc3c(N)ncnn23)O[C@@H]1COP(=O)(N[C@@H](C)C(=O)OCC(CC)CC)Oc1ccc(C(C)(C)C)cc1. The van der Waals surface area contributed by atoms with E-state index in [2.05, 4.69) is 35.9 Å². The average Bonchev–Trinajstić information content (AvgIpc) is 3.67. The number of esters is 3. The van der Waals surface area contributed by atoms with Gasteiger partial charge in [-0.2, -0.15) is 10.2 Å². The molecule has 1 aliphatic rings. The topological polar surface area (TPSA) is 192 Å². The van der Waals surface area contributed by atoms with Crippen LogP contribution in [0.4, 0.5) is 5.82 Å². The lowest BCUT2D eigenvalue weighted by molar-refractivity contribution is -0.170. The Labute approximate surface area is 311 Å². The van der Waals surface area contributed by atoms with Crippen molar-refractivity contribution >= 4 is 37.0 Å². The molecule has 0 radical (unpaired) electrons. The van der Waals surface area contributed by atoms with Crippen LogP contribution in [0.3, 0.4) is 0 Å². The van der Waals surface area contributed by atoms with Crippen molar-refractivity contribution in [1.82, 2.24) is 19.7 Å². The number of hydrogen-bond donors (Lipinski definition) is 2. The first-order valence-electron chi connectivity index (χ1n) is 18.1. The van der Waals surface area contributed by atoms with Gasteiger partial charge in [0.1, 0.15) is 35.3 Å². The van der Waals surface area contributed by atoms with Gasteiger partial charge in [0, 0.05) is 12.8 Å². The molecule has 0 spiro atoms. The van der Waals surface area contributed by atoms with Gasteiger partial charge < -0.3 is 29.2 Å². The number of nitrogens with one attached hydrogen (secondary N) is 1. The van der Waals surface area contributed by atoms with Crippen LogP contribution in [0.1, 0.15) is 99.3 Å². The Kier molecular flexibility index (Phi) is 13.7. The van der Waals surface area contributed by atoms with E-state index < -0.39 is 62.2 Å². The third kappa shape index (κ3) is 9.94. The number of aromatic nitrogens is 3. The minimum absolute atomic E-state index is 0.0112. The predicted octanol–water partition coefficient (Wildman–Crippen LogP) is 6.03. The lowest BCUT2D eigenvalue weighted by atomic mass is 9.87. The molecule has 15 nitrogen and oxygen atoms in total. The number of benzene rings is 1. The Morgan fingerprint density at radius 3 is 2.26 bits per heavy atom. The Hall–Kier alpha value is -4.04. The van der Waals surface area contributed by atoms with Crippen LogP contribution in [0.2, 0.25) is 0 Å². The smallest absolute Gasteiger partial charge is 0.459 e. The predicted molar refractivity (Wildman–Crippen MR) is 197 cm³/mol. The van der Waals surface area contributed by atoms with E-state index in [1.807, 2.05) is 26.0 Å². The minimum atomic E-state index is -4.41. The van der Waals surface area contributed by atoms with E-state index in [0.717, 1.165) is 18.4 Å². The maximum Gasteiger partial charge on any atom is 0.459 e. The normalized spacial score (nSPS) is 22.0. The molecule has 0 amide bonds. The van der Waals surface area contributed by atoms with Crippen molar-refractivity contribution in [3.63, 3.8) is 0 Å². The standard InChI is InChI=1S/C37H54N5O10P/c1-10-24(11-2)20-47-35(45)23(5)41-53(46,52-26-16-14-25(15-17-26)36(6,7)8)48-21-28-32(49-30(43)12-3)33(50-31(44)13-4)37(9,51-28)29-19-18-27-34(38)39-22-40-42(27)29/h14-19,22-24,28,32-33H,10-13,20-21H2,1-9H3,(H,41,46)(H2,38,39,40)/t23-,28+,32+,33+,37-,53?/m0/s1. The van der Waals surface area contributed by atoms with Crippen LogP contribution in [-0.2, 0) is 53.4 Å². The number of carbonyl (C=O) groups excluding carboxylic acids is 3. The van der Waals surface area contributed by atoms with Crippen LogP contribution >= 0.6 is 7.75 Å².